The minimum Gasteiger partial charge on any atom is -0.530 e. The van der Waals surface area contributed by atoms with Gasteiger partial charge in [-0.05, 0) is 29.5 Å². The normalized spacial score (nSPS) is 21.7. The van der Waals surface area contributed by atoms with Crippen LogP contribution in [0.4, 0.5) is 9.18 Å². The van der Waals surface area contributed by atoms with Crippen LogP contribution < -0.4 is 5.11 Å². The van der Waals surface area contributed by atoms with Crippen molar-refractivity contribution in [2.24, 2.45) is 5.41 Å². The van der Waals surface area contributed by atoms with Crippen LogP contribution in [0.15, 0.2) is 12.1 Å². The summed E-state index contributed by atoms with van der Waals surface area (Å²) in [5, 5.41) is 11.4. The number of halogens is 1. The van der Waals surface area contributed by atoms with Crippen molar-refractivity contribution in [2.45, 2.75) is 46.5 Å². The Bertz CT molecular complexity index is 759. The number of benzene rings is 1. The molecule has 1 fully saturated rings. The number of fused-ring (bicyclic) bond motifs is 1. The predicted octanol–water partition coefficient (Wildman–Crippen LogP) is 2.05. The molecule has 1 aromatic rings. The summed E-state index contributed by atoms with van der Waals surface area (Å²) in [5.41, 5.74) is 2.31. The number of hydrogen-bond donors (Lipinski definition) is 0. The molecule has 27 heavy (non-hydrogen) atoms. The van der Waals surface area contributed by atoms with E-state index in [0.29, 0.717) is 30.8 Å². The first-order valence-electron chi connectivity index (χ1n) is 9.23. The molecule has 3 rings (SSSR count). The molecule has 0 N–H and O–H groups in total. The molecule has 148 valence electrons. The fourth-order valence-corrected chi connectivity index (χ4v) is 4.00. The van der Waals surface area contributed by atoms with Gasteiger partial charge in [-0.1, -0.05) is 26.8 Å². The summed E-state index contributed by atoms with van der Waals surface area (Å²) < 4.78 is 20.2. The van der Waals surface area contributed by atoms with Crippen molar-refractivity contribution in [3.8, 4) is 0 Å². The topological polar surface area (TPSA) is 72.9 Å². The molecule has 0 aliphatic carbocycles. The fraction of sp³-hybridized carbons (Fsp3) is 0.600. The second-order valence-corrected chi connectivity index (χ2v) is 8.45. The first-order chi connectivity index (χ1) is 12.6. The number of cyclic esters (lactones) is 1. The number of piperazine rings is 1. The number of ether oxygens (including phenoxy) is 1. The van der Waals surface area contributed by atoms with Gasteiger partial charge < -0.3 is 19.5 Å². The number of hydrogen-bond acceptors (Lipinski definition) is 5. The van der Waals surface area contributed by atoms with Gasteiger partial charge >= 0.3 is 5.97 Å². The molecule has 0 aromatic heterocycles. The van der Waals surface area contributed by atoms with Gasteiger partial charge in [-0.25, -0.2) is 9.18 Å². The molecule has 0 bridgehead atoms. The molecular weight excluding hydrogens is 351 g/mol. The number of esters is 1. The van der Waals surface area contributed by atoms with Gasteiger partial charge in [-0.15, -0.1) is 0 Å². The fourth-order valence-electron chi connectivity index (χ4n) is 4.00. The lowest BCUT2D eigenvalue weighted by molar-refractivity contribution is -0.272. The number of carboxylic acid groups (broad SMARTS) is 1. The van der Waals surface area contributed by atoms with E-state index in [1.807, 2.05) is 32.6 Å². The summed E-state index contributed by atoms with van der Waals surface area (Å²) in [5.74, 6) is -0.360. The van der Waals surface area contributed by atoms with Gasteiger partial charge in [0.05, 0.1) is 5.56 Å². The van der Waals surface area contributed by atoms with Crippen LogP contribution in [-0.4, -0.2) is 54.1 Å². The van der Waals surface area contributed by atoms with Crippen LogP contribution in [-0.2, 0) is 11.3 Å². The average Bonchev–Trinajstić information content (AvgIpc) is 2.96. The maximum absolute atomic E-state index is 15.1. The highest BCUT2D eigenvalue weighted by molar-refractivity contribution is 5.93. The number of nitrogens with zero attached hydrogens (tertiary/aromatic N) is 2. The van der Waals surface area contributed by atoms with Crippen molar-refractivity contribution in [2.75, 3.05) is 26.2 Å². The monoisotopic (exact) mass is 377 g/mol. The van der Waals surface area contributed by atoms with Gasteiger partial charge in [0, 0.05) is 37.8 Å². The molecule has 2 aliphatic heterocycles. The van der Waals surface area contributed by atoms with E-state index in [1.54, 1.807) is 12.1 Å². The van der Waals surface area contributed by atoms with Crippen LogP contribution in [0, 0.1) is 12.3 Å². The van der Waals surface area contributed by atoms with Crippen LogP contribution in [0.1, 0.15) is 54.0 Å². The zero-order valence-corrected chi connectivity index (χ0v) is 16.3. The van der Waals surface area contributed by atoms with Crippen LogP contribution in [0.5, 0.6) is 0 Å². The predicted molar refractivity (Wildman–Crippen MR) is 95.9 cm³/mol. The number of carbonyl (C=O) groups is 2. The molecule has 0 radical (unpaired) electrons. The quantitative estimate of drug-likeness (QED) is 0.754. The largest absolute Gasteiger partial charge is 0.530 e. The van der Waals surface area contributed by atoms with E-state index < -0.39 is 12.3 Å². The molecule has 2 aliphatic rings. The Kier molecular flexibility index (Phi) is 5.16. The third-order valence-corrected chi connectivity index (χ3v) is 5.66. The Balaban J connectivity index is 1.74. The van der Waals surface area contributed by atoms with Gasteiger partial charge in [-0.2, -0.15) is 0 Å². The first kappa shape index (κ1) is 19.6. The van der Waals surface area contributed by atoms with Crippen molar-refractivity contribution in [1.29, 1.82) is 0 Å². The Hall–Kier alpha value is -2.15. The van der Waals surface area contributed by atoms with E-state index in [0.717, 1.165) is 11.1 Å². The highest BCUT2D eigenvalue weighted by Gasteiger charge is 2.36. The zero-order valence-electron chi connectivity index (χ0n) is 16.3. The summed E-state index contributed by atoms with van der Waals surface area (Å²) >= 11 is 0. The smallest absolute Gasteiger partial charge is 0.338 e. The number of amides is 1. The molecule has 7 heteroatoms. The molecule has 1 saturated heterocycles. The van der Waals surface area contributed by atoms with E-state index in [9.17, 15) is 14.7 Å². The van der Waals surface area contributed by atoms with Crippen molar-refractivity contribution >= 4 is 12.1 Å². The van der Waals surface area contributed by atoms with E-state index in [4.69, 9.17) is 4.74 Å². The Morgan fingerprint density at radius 3 is 2.70 bits per heavy atom. The molecule has 0 spiro atoms. The van der Waals surface area contributed by atoms with Gasteiger partial charge in [0.2, 0.25) is 0 Å². The maximum atomic E-state index is 15.1. The van der Waals surface area contributed by atoms with Gasteiger partial charge in [0.1, 0.15) is 18.9 Å². The highest BCUT2D eigenvalue weighted by Crippen LogP contribution is 2.32. The molecule has 2 unspecified atom stereocenters. The zero-order chi connectivity index (χ0) is 19.9. The Morgan fingerprint density at radius 2 is 2.07 bits per heavy atom. The summed E-state index contributed by atoms with van der Waals surface area (Å²) in [6.07, 6.45) is -2.40. The Labute approximate surface area is 158 Å². The SMILES string of the molecule is Cc1c(C(F)CN2CCN(C(=O)[O-])C(C(C)(C)C)C2)ccc2c1COC2=O. The minimum absolute atomic E-state index is 0.182. The van der Waals surface area contributed by atoms with E-state index in [1.165, 1.54) is 4.90 Å². The third kappa shape index (κ3) is 3.78. The number of carbonyl (C=O) groups excluding carboxylic acids is 2. The van der Waals surface area contributed by atoms with Crippen molar-refractivity contribution in [3.63, 3.8) is 0 Å². The Morgan fingerprint density at radius 1 is 1.37 bits per heavy atom. The second kappa shape index (κ2) is 7.11. The van der Waals surface area contributed by atoms with Gasteiger partial charge in [0.15, 0.2) is 0 Å². The van der Waals surface area contributed by atoms with Crippen molar-refractivity contribution < 1.29 is 23.8 Å². The average molecular weight is 377 g/mol. The van der Waals surface area contributed by atoms with Crippen LogP contribution in [0.2, 0.25) is 0 Å². The molecule has 2 heterocycles. The first-order valence-corrected chi connectivity index (χ1v) is 9.23. The van der Waals surface area contributed by atoms with Crippen LogP contribution in [0.25, 0.3) is 0 Å². The minimum atomic E-state index is -1.22. The van der Waals surface area contributed by atoms with Gasteiger partial charge in [0.25, 0.3) is 0 Å². The molecule has 1 aromatic carbocycles. The van der Waals surface area contributed by atoms with Gasteiger partial charge in [-0.3, -0.25) is 4.90 Å². The summed E-state index contributed by atoms with van der Waals surface area (Å²) in [7, 11) is 0. The standard InChI is InChI=1S/C20H27FN2O4/c1-12-13(5-6-14-15(12)11-27-18(14)24)16(21)9-22-7-8-23(19(25)26)17(10-22)20(2,3)4/h5-6,16-17H,7-11H2,1-4H3,(H,25,26)/p-1. The molecule has 2 atom stereocenters. The number of alkyl halides is 1. The summed E-state index contributed by atoms with van der Waals surface area (Å²) in [6, 6.07) is 3.03. The summed E-state index contributed by atoms with van der Waals surface area (Å²) in [6.45, 7) is 9.36. The van der Waals surface area contributed by atoms with E-state index in [-0.39, 0.29) is 30.6 Å². The van der Waals surface area contributed by atoms with Crippen LogP contribution in [0.3, 0.4) is 0 Å². The lowest BCUT2D eigenvalue weighted by Gasteiger charge is -2.48. The van der Waals surface area contributed by atoms with E-state index >= 15 is 4.39 Å². The number of rotatable bonds is 3. The van der Waals surface area contributed by atoms with Crippen molar-refractivity contribution in [1.82, 2.24) is 9.80 Å². The lowest BCUT2D eigenvalue weighted by atomic mass is 9.84. The molecular formula is C20H26FN2O4-. The summed E-state index contributed by atoms with van der Waals surface area (Å²) in [4.78, 5) is 26.4. The third-order valence-electron chi connectivity index (χ3n) is 5.66. The maximum Gasteiger partial charge on any atom is 0.338 e. The lowest BCUT2D eigenvalue weighted by Crippen LogP contribution is -2.62. The highest BCUT2D eigenvalue weighted by atomic mass is 19.1. The second-order valence-electron chi connectivity index (χ2n) is 8.45. The van der Waals surface area contributed by atoms with Crippen LogP contribution >= 0.6 is 0 Å². The molecule has 1 amide bonds. The van der Waals surface area contributed by atoms with Crippen molar-refractivity contribution in [3.05, 3.63) is 34.4 Å². The molecule has 6 nitrogen and oxygen atoms in total. The molecule has 0 saturated carbocycles. The van der Waals surface area contributed by atoms with E-state index in [2.05, 4.69) is 0 Å².